The average Bonchev–Trinajstić information content (AvgIpc) is 3.06. The first-order chi connectivity index (χ1) is 8.85. The van der Waals surface area contributed by atoms with Gasteiger partial charge in [-0.25, -0.2) is 0 Å². The Morgan fingerprint density at radius 1 is 1.37 bits per heavy atom. The molecule has 0 aromatic heterocycles. The number of hydrogen-bond donors (Lipinski definition) is 2. The molecule has 19 heavy (non-hydrogen) atoms. The van der Waals surface area contributed by atoms with E-state index in [1.165, 1.54) is 12.8 Å². The summed E-state index contributed by atoms with van der Waals surface area (Å²) >= 11 is 0. The Labute approximate surface area is 110 Å². The number of carbonyl (C=O) groups is 1. The largest absolute Gasteiger partial charge is 0.405 e. The van der Waals surface area contributed by atoms with Gasteiger partial charge in [0.05, 0.1) is 6.04 Å². The van der Waals surface area contributed by atoms with Gasteiger partial charge in [0.1, 0.15) is 6.54 Å². The molecule has 7 heteroatoms. The first kappa shape index (κ1) is 14.6. The molecule has 2 unspecified atom stereocenters. The highest BCUT2D eigenvalue weighted by molar-refractivity contribution is 5.81. The zero-order valence-electron chi connectivity index (χ0n) is 11.0. The fourth-order valence-electron chi connectivity index (χ4n) is 2.46. The number of rotatable bonds is 5. The molecule has 1 aliphatic carbocycles. The molecule has 1 saturated heterocycles. The SMILES string of the molecule is CC(NC1CCN(C2CC2)C1)C(=O)NCC(F)(F)F. The van der Waals surface area contributed by atoms with Crippen LogP contribution in [0.3, 0.4) is 0 Å². The molecule has 2 N–H and O–H groups in total. The van der Waals surface area contributed by atoms with Gasteiger partial charge >= 0.3 is 6.18 Å². The van der Waals surface area contributed by atoms with E-state index in [2.05, 4.69) is 10.2 Å². The Morgan fingerprint density at radius 3 is 2.63 bits per heavy atom. The lowest BCUT2D eigenvalue weighted by atomic mass is 10.2. The fourth-order valence-corrected chi connectivity index (χ4v) is 2.46. The molecule has 1 heterocycles. The highest BCUT2D eigenvalue weighted by Crippen LogP contribution is 2.29. The number of nitrogens with zero attached hydrogens (tertiary/aromatic N) is 1. The van der Waals surface area contributed by atoms with Crippen LogP contribution >= 0.6 is 0 Å². The summed E-state index contributed by atoms with van der Waals surface area (Å²) in [6.45, 7) is 2.24. The molecule has 1 amide bonds. The lowest BCUT2D eigenvalue weighted by Gasteiger charge is -2.20. The molecule has 0 aromatic rings. The van der Waals surface area contributed by atoms with Crippen molar-refractivity contribution in [3.8, 4) is 0 Å². The predicted molar refractivity (Wildman–Crippen MR) is 64.7 cm³/mol. The summed E-state index contributed by atoms with van der Waals surface area (Å²) in [5.41, 5.74) is 0. The summed E-state index contributed by atoms with van der Waals surface area (Å²) in [6.07, 6.45) is -0.915. The smallest absolute Gasteiger partial charge is 0.346 e. The van der Waals surface area contributed by atoms with Gasteiger partial charge in [-0.3, -0.25) is 9.69 Å². The molecule has 2 atom stereocenters. The minimum absolute atomic E-state index is 0.201. The van der Waals surface area contributed by atoms with Gasteiger partial charge in [-0.15, -0.1) is 0 Å². The number of carbonyl (C=O) groups excluding carboxylic acids is 1. The first-order valence-corrected chi connectivity index (χ1v) is 6.70. The summed E-state index contributed by atoms with van der Waals surface area (Å²) in [5, 5.41) is 5.01. The maximum Gasteiger partial charge on any atom is 0.405 e. The van der Waals surface area contributed by atoms with E-state index >= 15 is 0 Å². The van der Waals surface area contributed by atoms with Crippen LogP contribution in [0.25, 0.3) is 0 Å². The van der Waals surface area contributed by atoms with Crippen LogP contribution in [0.15, 0.2) is 0 Å². The normalized spacial score (nSPS) is 26.4. The fraction of sp³-hybridized carbons (Fsp3) is 0.917. The highest BCUT2D eigenvalue weighted by atomic mass is 19.4. The van der Waals surface area contributed by atoms with Crippen molar-refractivity contribution in [2.45, 2.75) is 50.5 Å². The van der Waals surface area contributed by atoms with Gasteiger partial charge in [0.15, 0.2) is 0 Å². The average molecular weight is 279 g/mol. The number of alkyl halides is 3. The van der Waals surface area contributed by atoms with E-state index in [1.54, 1.807) is 6.92 Å². The second kappa shape index (κ2) is 5.66. The van der Waals surface area contributed by atoms with Gasteiger partial charge in [-0.1, -0.05) is 0 Å². The third-order valence-electron chi connectivity index (χ3n) is 3.62. The number of halogens is 3. The second-order valence-electron chi connectivity index (χ2n) is 5.43. The quantitative estimate of drug-likeness (QED) is 0.785. The molecular formula is C12H20F3N3O. The van der Waals surface area contributed by atoms with Crippen LogP contribution in [0, 0.1) is 0 Å². The van der Waals surface area contributed by atoms with Gasteiger partial charge in [0, 0.05) is 25.2 Å². The topological polar surface area (TPSA) is 44.4 Å². The van der Waals surface area contributed by atoms with E-state index in [0.717, 1.165) is 19.5 Å². The predicted octanol–water partition coefficient (Wildman–Crippen LogP) is 0.880. The number of hydrogen-bond acceptors (Lipinski definition) is 3. The summed E-state index contributed by atoms with van der Waals surface area (Å²) in [4.78, 5) is 13.9. The molecule has 0 radical (unpaired) electrons. The first-order valence-electron chi connectivity index (χ1n) is 6.70. The molecule has 0 bridgehead atoms. The van der Waals surface area contributed by atoms with Crippen molar-refractivity contribution in [1.82, 2.24) is 15.5 Å². The third kappa shape index (κ3) is 4.65. The minimum Gasteiger partial charge on any atom is -0.346 e. The standard InChI is InChI=1S/C12H20F3N3O/c1-8(11(19)16-7-12(13,14)15)17-9-4-5-18(6-9)10-2-3-10/h8-10,17H,2-7H2,1H3,(H,16,19). The van der Waals surface area contributed by atoms with Gasteiger partial charge in [-0.2, -0.15) is 13.2 Å². The molecule has 2 aliphatic rings. The maximum absolute atomic E-state index is 12.0. The van der Waals surface area contributed by atoms with Crippen LogP contribution in [-0.2, 0) is 4.79 Å². The van der Waals surface area contributed by atoms with E-state index in [1.807, 2.05) is 5.32 Å². The van der Waals surface area contributed by atoms with E-state index < -0.39 is 24.7 Å². The Hall–Kier alpha value is -0.820. The summed E-state index contributed by atoms with van der Waals surface area (Å²) in [5.74, 6) is -0.595. The zero-order chi connectivity index (χ0) is 14.0. The minimum atomic E-state index is -4.36. The van der Waals surface area contributed by atoms with E-state index in [4.69, 9.17) is 0 Å². The summed E-state index contributed by atoms with van der Waals surface area (Å²) in [7, 11) is 0. The molecular weight excluding hydrogens is 259 g/mol. The van der Waals surface area contributed by atoms with Crippen molar-refractivity contribution in [3.05, 3.63) is 0 Å². The monoisotopic (exact) mass is 279 g/mol. The van der Waals surface area contributed by atoms with Crippen LogP contribution in [0.5, 0.6) is 0 Å². The molecule has 1 aliphatic heterocycles. The Morgan fingerprint density at radius 2 is 2.05 bits per heavy atom. The van der Waals surface area contributed by atoms with Crippen LogP contribution in [0.4, 0.5) is 13.2 Å². The van der Waals surface area contributed by atoms with E-state index in [-0.39, 0.29) is 6.04 Å². The number of nitrogens with one attached hydrogen (secondary N) is 2. The van der Waals surface area contributed by atoms with Gasteiger partial charge in [0.25, 0.3) is 0 Å². The number of amides is 1. The van der Waals surface area contributed by atoms with Crippen molar-refractivity contribution in [1.29, 1.82) is 0 Å². The van der Waals surface area contributed by atoms with Crippen molar-refractivity contribution >= 4 is 5.91 Å². The molecule has 4 nitrogen and oxygen atoms in total. The maximum atomic E-state index is 12.0. The van der Waals surface area contributed by atoms with Crippen molar-refractivity contribution in [3.63, 3.8) is 0 Å². The Bertz CT molecular complexity index is 331. The molecule has 2 rings (SSSR count). The zero-order valence-corrected chi connectivity index (χ0v) is 11.0. The van der Waals surface area contributed by atoms with E-state index in [0.29, 0.717) is 6.04 Å². The van der Waals surface area contributed by atoms with Gasteiger partial charge in [0.2, 0.25) is 5.91 Å². The van der Waals surface area contributed by atoms with Crippen molar-refractivity contribution < 1.29 is 18.0 Å². The second-order valence-corrected chi connectivity index (χ2v) is 5.43. The van der Waals surface area contributed by atoms with Crippen molar-refractivity contribution in [2.24, 2.45) is 0 Å². The van der Waals surface area contributed by atoms with Crippen LogP contribution in [0.2, 0.25) is 0 Å². The van der Waals surface area contributed by atoms with Crippen LogP contribution in [0.1, 0.15) is 26.2 Å². The van der Waals surface area contributed by atoms with Crippen molar-refractivity contribution in [2.75, 3.05) is 19.6 Å². The third-order valence-corrected chi connectivity index (χ3v) is 3.62. The Balaban J connectivity index is 1.68. The van der Waals surface area contributed by atoms with Gasteiger partial charge < -0.3 is 10.6 Å². The molecule has 1 saturated carbocycles. The van der Waals surface area contributed by atoms with Crippen LogP contribution in [-0.4, -0.2) is 54.7 Å². The molecule has 2 fully saturated rings. The molecule has 0 spiro atoms. The summed E-state index contributed by atoms with van der Waals surface area (Å²) in [6, 6.07) is 0.305. The lowest BCUT2D eigenvalue weighted by molar-refractivity contribution is -0.139. The Kier molecular flexibility index (Phi) is 4.35. The van der Waals surface area contributed by atoms with Crippen LogP contribution < -0.4 is 10.6 Å². The summed E-state index contributed by atoms with van der Waals surface area (Å²) < 4.78 is 36.0. The van der Waals surface area contributed by atoms with Gasteiger partial charge in [-0.05, 0) is 26.2 Å². The lowest BCUT2D eigenvalue weighted by Crippen LogP contribution is -2.49. The molecule has 0 aromatic carbocycles. The highest BCUT2D eigenvalue weighted by Gasteiger charge is 2.35. The van der Waals surface area contributed by atoms with E-state index in [9.17, 15) is 18.0 Å². The number of likely N-dealkylation sites (tertiary alicyclic amines) is 1. The molecule has 110 valence electrons.